The molecule has 27 heavy (non-hydrogen) atoms. The lowest BCUT2D eigenvalue weighted by molar-refractivity contribution is -0.123. The first-order valence-electron chi connectivity index (χ1n) is 8.73. The molecule has 0 aliphatic carbocycles. The van der Waals surface area contributed by atoms with Gasteiger partial charge in [-0.2, -0.15) is 5.10 Å². The van der Waals surface area contributed by atoms with Crippen LogP contribution in [0.15, 0.2) is 29.4 Å². The summed E-state index contributed by atoms with van der Waals surface area (Å²) in [6.45, 7) is 5.48. The van der Waals surface area contributed by atoms with E-state index in [1.54, 1.807) is 18.3 Å². The Morgan fingerprint density at radius 2 is 2.00 bits per heavy atom. The fourth-order valence-corrected chi connectivity index (χ4v) is 2.81. The second-order valence-electron chi connectivity index (χ2n) is 6.14. The van der Waals surface area contributed by atoms with E-state index in [2.05, 4.69) is 31.4 Å². The third-order valence-corrected chi connectivity index (χ3v) is 4.25. The van der Waals surface area contributed by atoms with Gasteiger partial charge in [-0.1, -0.05) is 12.1 Å². The molecule has 10 nitrogen and oxygen atoms in total. The Bertz CT molecular complexity index is 645. The second kappa shape index (κ2) is 10.5. The minimum absolute atomic E-state index is 0. The number of hydrogen-bond acceptors (Lipinski definition) is 6. The molecule has 1 aromatic carbocycles. The summed E-state index contributed by atoms with van der Waals surface area (Å²) >= 11 is 0. The number of hydrogen-bond donors (Lipinski definition) is 4. The van der Waals surface area contributed by atoms with E-state index in [1.165, 1.54) is 0 Å². The highest BCUT2D eigenvalue weighted by atomic mass is 16.5. The molecule has 0 spiro atoms. The van der Waals surface area contributed by atoms with E-state index in [1.807, 2.05) is 12.1 Å². The first kappa shape index (κ1) is 20.6. The van der Waals surface area contributed by atoms with Crippen LogP contribution in [0.1, 0.15) is 11.6 Å². The van der Waals surface area contributed by atoms with Crippen molar-refractivity contribution in [1.29, 1.82) is 0 Å². The van der Waals surface area contributed by atoms with Crippen LogP contribution in [0.3, 0.4) is 0 Å². The number of amides is 3. The van der Waals surface area contributed by atoms with Crippen molar-refractivity contribution >= 4 is 18.2 Å². The van der Waals surface area contributed by atoms with Crippen LogP contribution >= 0.6 is 0 Å². The van der Waals surface area contributed by atoms with Gasteiger partial charge in [0, 0.05) is 39.3 Å². The molecule has 148 valence electrons. The first-order valence-corrected chi connectivity index (χ1v) is 8.73. The predicted molar refractivity (Wildman–Crippen MR) is 101 cm³/mol. The summed E-state index contributed by atoms with van der Waals surface area (Å²) in [5.41, 5.74) is 3.19. The van der Waals surface area contributed by atoms with Crippen molar-refractivity contribution in [2.75, 3.05) is 45.9 Å². The SMILES string of the molecule is O.O=C(COc1ccc(C2C=NNC(=O)N2)cc1)NCCN1CCNCC1. The summed E-state index contributed by atoms with van der Waals surface area (Å²) in [6.07, 6.45) is 1.61. The number of piperazine rings is 1. The Morgan fingerprint density at radius 1 is 1.26 bits per heavy atom. The molecule has 6 N–H and O–H groups in total. The number of rotatable bonds is 7. The molecule has 1 unspecified atom stereocenters. The Morgan fingerprint density at radius 3 is 2.70 bits per heavy atom. The third-order valence-electron chi connectivity index (χ3n) is 4.25. The van der Waals surface area contributed by atoms with Crippen molar-refractivity contribution in [2.45, 2.75) is 6.04 Å². The lowest BCUT2D eigenvalue weighted by Gasteiger charge is -2.27. The zero-order valence-electron chi connectivity index (χ0n) is 15.0. The van der Waals surface area contributed by atoms with Crippen LogP contribution in [0.2, 0.25) is 0 Å². The Labute approximate surface area is 157 Å². The van der Waals surface area contributed by atoms with E-state index in [0.717, 1.165) is 38.3 Å². The van der Waals surface area contributed by atoms with Gasteiger partial charge in [-0.15, -0.1) is 0 Å². The number of carbonyl (C=O) groups excluding carboxylic acids is 2. The van der Waals surface area contributed by atoms with Crippen molar-refractivity contribution in [3.8, 4) is 5.75 Å². The highest BCUT2D eigenvalue weighted by molar-refractivity contribution is 5.83. The lowest BCUT2D eigenvalue weighted by Crippen LogP contribution is -2.46. The fraction of sp³-hybridized carbons (Fsp3) is 0.471. The molecule has 1 aromatic rings. The molecule has 0 bridgehead atoms. The number of ether oxygens (including phenoxy) is 1. The van der Waals surface area contributed by atoms with E-state index in [0.29, 0.717) is 12.3 Å². The minimum Gasteiger partial charge on any atom is -0.484 e. The molecule has 1 saturated heterocycles. The van der Waals surface area contributed by atoms with Crippen LogP contribution in [0.5, 0.6) is 5.75 Å². The number of benzene rings is 1. The van der Waals surface area contributed by atoms with E-state index in [-0.39, 0.29) is 30.1 Å². The quantitative estimate of drug-likeness (QED) is 0.462. The molecule has 2 heterocycles. The lowest BCUT2D eigenvalue weighted by atomic mass is 10.1. The normalized spacial score (nSPS) is 19.4. The molecule has 0 saturated carbocycles. The molecule has 3 amide bonds. The molecule has 10 heteroatoms. The molecular weight excluding hydrogens is 352 g/mol. The Hall–Kier alpha value is -2.69. The molecule has 2 aliphatic heterocycles. The van der Waals surface area contributed by atoms with E-state index >= 15 is 0 Å². The number of carbonyl (C=O) groups is 2. The molecule has 0 aromatic heterocycles. The topological polar surface area (TPSA) is 139 Å². The van der Waals surface area contributed by atoms with Crippen LogP contribution in [0, 0.1) is 0 Å². The Balaban J connectivity index is 0.00000261. The fourth-order valence-electron chi connectivity index (χ4n) is 2.81. The van der Waals surface area contributed by atoms with Crippen LogP contribution in [0.25, 0.3) is 0 Å². The van der Waals surface area contributed by atoms with Gasteiger partial charge in [0.15, 0.2) is 6.61 Å². The Kier molecular flexibility index (Phi) is 7.99. The monoisotopic (exact) mass is 378 g/mol. The highest BCUT2D eigenvalue weighted by Gasteiger charge is 2.16. The van der Waals surface area contributed by atoms with Gasteiger partial charge >= 0.3 is 6.03 Å². The summed E-state index contributed by atoms with van der Waals surface area (Å²) < 4.78 is 5.50. The maximum atomic E-state index is 11.9. The van der Waals surface area contributed by atoms with Gasteiger partial charge in [0.25, 0.3) is 5.91 Å². The summed E-state index contributed by atoms with van der Waals surface area (Å²) in [6, 6.07) is 6.60. The van der Waals surface area contributed by atoms with Gasteiger partial charge in [-0.25, -0.2) is 10.2 Å². The summed E-state index contributed by atoms with van der Waals surface area (Å²) in [5, 5.41) is 12.7. The van der Waals surface area contributed by atoms with Gasteiger partial charge in [0.1, 0.15) is 5.75 Å². The van der Waals surface area contributed by atoms with E-state index in [9.17, 15) is 9.59 Å². The molecule has 2 aliphatic rings. The third kappa shape index (κ3) is 6.51. The van der Waals surface area contributed by atoms with E-state index < -0.39 is 0 Å². The number of hydrazone groups is 1. The zero-order valence-corrected chi connectivity index (χ0v) is 15.0. The smallest absolute Gasteiger partial charge is 0.335 e. The molecule has 1 atom stereocenters. The maximum absolute atomic E-state index is 11.9. The largest absolute Gasteiger partial charge is 0.484 e. The van der Waals surface area contributed by atoms with Crippen LogP contribution in [0.4, 0.5) is 4.79 Å². The van der Waals surface area contributed by atoms with Gasteiger partial charge < -0.3 is 26.2 Å². The number of nitrogens with one attached hydrogen (secondary N) is 4. The van der Waals surface area contributed by atoms with Crippen molar-refractivity contribution in [1.82, 2.24) is 26.3 Å². The van der Waals surface area contributed by atoms with E-state index in [4.69, 9.17) is 4.74 Å². The average molecular weight is 378 g/mol. The van der Waals surface area contributed by atoms with Gasteiger partial charge in [-0.05, 0) is 17.7 Å². The molecule has 3 rings (SSSR count). The van der Waals surface area contributed by atoms with Gasteiger partial charge in [0.2, 0.25) is 0 Å². The van der Waals surface area contributed by atoms with Gasteiger partial charge in [-0.3, -0.25) is 9.69 Å². The standard InChI is InChI=1S/C17H24N6O3.H2O/c24-16(19-7-10-23-8-5-18-6-9-23)12-26-14-3-1-13(2-4-14)15-11-20-22-17(25)21-15;/h1-4,11,15,18H,5-10,12H2,(H,19,24)(H2,21,22,25);1H2. The van der Waals surface area contributed by atoms with Crippen LogP contribution in [-0.2, 0) is 4.79 Å². The highest BCUT2D eigenvalue weighted by Crippen LogP contribution is 2.17. The zero-order chi connectivity index (χ0) is 18.2. The van der Waals surface area contributed by atoms with Crippen molar-refractivity contribution in [3.63, 3.8) is 0 Å². The van der Waals surface area contributed by atoms with Crippen molar-refractivity contribution in [2.24, 2.45) is 5.10 Å². The van der Waals surface area contributed by atoms with Crippen molar-refractivity contribution in [3.05, 3.63) is 29.8 Å². The summed E-state index contributed by atoms with van der Waals surface area (Å²) in [5.74, 6) is 0.463. The molecular formula is C17H26N6O4. The summed E-state index contributed by atoms with van der Waals surface area (Å²) in [7, 11) is 0. The first-order chi connectivity index (χ1) is 12.7. The van der Waals surface area contributed by atoms with Crippen molar-refractivity contribution < 1.29 is 19.8 Å². The van der Waals surface area contributed by atoms with Crippen LogP contribution < -0.4 is 26.1 Å². The summed E-state index contributed by atoms with van der Waals surface area (Å²) in [4.78, 5) is 25.5. The minimum atomic E-state index is -0.338. The number of nitrogens with zero attached hydrogens (tertiary/aromatic N) is 2. The second-order valence-corrected chi connectivity index (χ2v) is 6.14. The molecule has 0 radical (unpaired) electrons. The van der Waals surface area contributed by atoms with Crippen LogP contribution in [-0.4, -0.2) is 74.4 Å². The van der Waals surface area contributed by atoms with Gasteiger partial charge in [0.05, 0.1) is 12.3 Å². The predicted octanol–water partition coefficient (Wildman–Crippen LogP) is -1.40. The average Bonchev–Trinajstić information content (AvgIpc) is 2.68. The molecule has 1 fully saturated rings. The maximum Gasteiger partial charge on any atom is 0.335 e. The number of urea groups is 1.